The molecule has 0 radical (unpaired) electrons. The van der Waals surface area contributed by atoms with Gasteiger partial charge in [-0.15, -0.1) is 0 Å². The smallest absolute Gasteiger partial charge is 0.239 e. The minimum atomic E-state index is -0.433. The van der Waals surface area contributed by atoms with Crippen molar-refractivity contribution < 1.29 is 14.1 Å². The summed E-state index contributed by atoms with van der Waals surface area (Å²) in [6, 6.07) is 1.82. The Morgan fingerprint density at radius 2 is 2.32 bits per heavy atom. The van der Waals surface area contributed by atoms with Gasteiger partial charge in [0.25, 0.3) is 0 Å². The van der Waals surface area contributed by atoms with E-state index in [9.17, 15) is 4.79 Å². The zero-order valence-electron chi connectivity index (χ0n) is 10.5. The van der Waals surface area contributed by atoms with Gasteiger partial charge in [-0.25, -0.2) is 0 Å². The minimum Gasteiger partial charge on any atom is -0.380 e. The molecule has 6 heteroatoms. The van der Waals surface area contributed by atoms with E-state index in [1.165, 1.54) is 0 Å². The topological polar surface area (TPSA) is 78.1 Å². The van der Waals surface area contributed by atoms with Crippen LogP contribution in [0.15, 0.2) is 23.0 Å². The third-order valence-corrected chi connectivity index (χ3v) is 3.17. The zero-order chi connectivity index (χ0) is 13.2. The third kappa shape index (κ3) is 2.26. The highest BCUT2D eigenvalue weighted by atomic mass is 16.5. The second kappa shape index (κ2) is 4.89. The van der Waals surface area contributed by atoms with Gasteiger partial charge in [-0.2, -0.15) is 4.98 Å². The van der Waals surface area contributed by atoms with Crippen LogP contribution in [-0.2, 0) is 9.53 Å². The average molecular weight is 259 g/mol. The Morgan fingerprint density at radius 3 is 3.11 bits per heavy atom. The van der Waals surface area contributed by atoms with Crippen LogP contribution in [-0.4, -0.2) is 34.1 Å². The molecule has 0 aromatic carbocycles. The number of carbonyl (C=O) groups excluding carboxylic acids is 1. The number of ether oxygens (including phenoxy) is 1. The summed E-state index contributed by atoms with van der Waals surface area (Å²) in [4.78, 5) is 20.1. The van der Waals surface area contributed by atoms with Crippen molar-refractivity contribution in [1.82, 2.24) is 15.1 Å². The van der Waals surface area contributed by atoms with E-state index in [1.54, 1.807) is 12.4 Å². The van der Waals surface area contributed by atoms with Gasteiger partial charge in [-0.3, -0.25) is 9.78 Å². The third-order valence-electron chi connectivity index (χ3n) is 3.17. The molecule has 0 aliphatic carbocycles. The predicted molar refractivity (Wildman–Crippen MR) is 65.5 cm³/mol. The van der Waals surface area contributed by atoms with E-state index in [0.717, 1.165) is 11.1 Å². The monoisotopic (exact) mass is 259 g/mol. The van der Waals surface area contributed by atoms with Gasteiger partial charge in [0, 0.05) is 24.4 Å². The number of aryl methyl sites for hydroxylation is 1. The van der Waals surface area contributed by atoms with Gasteiger partial charge in [-0.1, -0.05) is 5.16 Å². The lowest BCUT2D eigenvalue weighted by Crippen LogP contribution is -2.25. The summed E-state index contributed by atoms with van der Waals surface area (Å²) >= 11 is 0. The number of pyridine rings is 1. The summed E-state index contributed by atoms with van der Waals surface area (Å²) in [6.07, 6.45) is 3.81. The highest BCUT2D eigenvalue weighted by Crippen LogP contribution is 2.25. The van der Waals surface area contributed by atoms with E-state index in [0.29, 0.717) is 31.3 Å². The molecule has 0 amide bonds. The van der Waals surface area contributed by atoms with E-state index < -0.39 is 5.92 Å². The van der Waals surface area contributed by atoms with Gasteiger partial charge in [0.15, 0.2) is 0 Å². The zero-order valence-corrected chi connectivity index (χ0v) is 10.5. The SMILES string of the molecule is Cc1cnccc1-c1noc(C2COCCC2=O)n1. The molecule has 3 heterocycles. The van der Waals surface area contributed by atoms with Gasteiger partial charge in [0.05, 0.1) is 13.2 Å². The van der Waals surface area contributed by atoms with Gasteiger partial charge in [-0.05, 0) is 18.6 Å². The fraction of sp³-hybridized carbons (Fsp3) is 0.385. The molecule has 1 saturated heterocycles. The van der Waals surface area contributed by atoms with Gasteiger partial charge in [0.2, 0.25) is 11.7 Å². The summed E-state index contributed by atoms with van der Waals surface area (Å²) in [5, 5.41) is 3.94. The van der Waals surface area contributed by atoms with Crippen LogP contribution in [0.25, 0.3) is 11.4 Å². The molecule has 6 nitrogen and oxygen atoms in total. The molecule has 1 aliphatic heterocycles. The molecule has 1 aliphatic rings. The minimum absolute atomic E-state index is 0.0906. The van der Waals surface area contributed by atoms with E-state index in [-0.39, 0.29) is 5.78 Å². The van der Waals surface area contributed by atoms with E-state index in [4.69, 9.17) is 9.26 Å². The Morgan fingerprint density at radius 1 is 1.42 bits per heavy atom. The number of aromatic nitrogens is 3. The lowest BCUT2D eigenvalue weighted by Gasteiger charge is -2.17. The van der Waals surface area contributed by atoms with Crippen LogP contribution in [0, 0.1) is 6.92 Å². The molecule has 19 heavy (non-hydrogen) atoms. The van der Waals surface area contributed by atoms with E-state index >= 15 is 0 Å². The molecular weight excluding hydrogens is 246 g/mol. The van der Waals surface area contributed by atoms with Crippen LogP contribution in [0.4, 0.5) is 0 Å². The number of ketones is 1. The summed E-state index contributed by atoms with van der Waals surface area (Å²) in [5.41, 5.74) is 1.82. The molecule has 0 spiro atoms. The van der Waals surface area contributed by atoms with Crippen molar-refractivity contribution in [2.45, 2.75) is 19.3 Å². The molecule has 2 aromatic heterocycles. The highest BCUT2D eigenvalue weighted by Gasteiger charge is 2.30. The molecule has 1 atom stereocenters. The quantitative estimate of drug-likeness (QED) is 0.813. The number of nitrogens with zero attached hydrogens (tertiary/aromatic N) is 3. The maximum atomic E-state index is 11.8. The maximum absolute atomic E-state index is 11.8. The van der Waals surface area contributed by atoms with Crippen molar-refractivity contribution in [2.24, 2.45) is 0 Å². The van der Waals surface area contributed by atoms with Crippen molar-refractivity contribution in [2.75, 3.05) is 13.2 Å². The van der Waals surface area contributed by atoms with Crippen molar-refractivity contribution in [3.05, 3.63) is 29.9 Å². The van der Waals surface area contributed by atoms with Gasteiger partial charge >= 0.3 is 0 Å². The second-order valence-corrected chi connectivity index (χ2v) is 4.49. The van der Waals surface area contributed by atoms with Crippen LogP contribution in [0.5, 0.6) is 0 Å². The molecule has 98 valence electrons. The number of carbonyl (C=O) groups is 1. The molecule has 1 fully saturated rings. The van der Waals surface area contributed by atoms with Crippen molar-refractivity contribution in [1.29, 1.82) is 0 Å². The first-order valence-corrected chi connectivity index (χ1v) is 6.11. The van der Waals surface area contributed by atoms with Crippen LogP contribution in [0.3, 0.4) is 0 Å². The van der Waals surface area contributed by atoms with Crippen LogP contribution < -0.4 is 0 Å². The maximum Gasteiger partial charge on any atom is 0.239 e. The summed E-state index contributed by atoms with van der Waals surface area (Å²) < 4.78 is 10.5. The van der Waals surface area contributed by atoms with Gasteiger partial charge < -0.3 is 9.26 Å². The molecule has 1 unspecified atom stereocenters. The van der Waals surface area contributed by atoms with Crippen LogP contribution >= 0.6 is 0 Å². The number of hydrogen-bond acceptors (Lipinski definition) is 6. The second-order valence-electron chi connectivity index (χ2n) is 4.49. The van der Waals surface area contributed by atoms with Crippen LogP contribution in [0.2, 0.25) is 0 Å². The normalized spacial score (nSPS) is 19.6. The molecule has 3 rings (SSSR count). The van der Waals surface area contributed by atoms with E-state index in [2.05, 4.69) is 15.1 Å². The molecular formula is C13H13N3O3. The van der Waals surface area contributed by atoms with Crippen molar-refractivity contribution in [3.63, 3.8) is 0 Å². The molecule has 2 aromatic rings. The Labute approximate surface area is 109 Å². The lowest BCUT2D eigenvalue weighted by molar-refractivity contribution is -0.127. The van der Waals surface area contributed by atoms with Crippen molar-refractivity contribution >= 4 is 5.78 Å². The first-order chi connectivity index (χ1) is 9.25. The fourth-order valence-electron chi connectivity index (χ4n) is 2.06. The van der Waals surface area contributed by atoms with E-state index in [1.807, 2.05) is 13.0 Å². The lowest BCUT2D eigenvalue weighted by atomic mass is 10.0. The number of hydrogen-bond donors (Lipinski definition) is 0. The summed E-state index contributed by atoms with van der Waals surface area (Å²) in [6.45, 7) is 2.71. The summed E-state index contributed by atoms with van der Waals surface area (Å²) in [7, 11) is 0. The Hall–Kier alpha value is -2.08. The first-order valence-electron chi connectivity index (χ1n) is 6.11. The fourth-order valence-corrected chi connectivity index (χ4v) is 2.06. The Balaban J connectivity index is 1.91. The van der Waals surface area contributed by atoms with Crippen LogP contribution in [0.1, 0.15) is 23.8 Å². The number of Topliss-reactive ketones (excluding diaryl/α,β-unsaturated/α-hetero) is 1. The largest absolute Gasteiger partial charge is 0.380 e. The van der Waals surface area contributed by atoms with Gasteiger partial charge in [0.1, 0.15) is 11.7 Å². The van der Waals surface area contributed by atoms with Crippen molar-refractivity contribution in [3.8, 4) is 11.4 Å². The molecule has 0 bridgehead atoms. The summed E-state index contributed by atoms with van der Waals surface area (Å²) in [5.74, 6) is 0.467. The highest BCUT2D eigenvalue weighted by molar-refractivity contribution is 5.85. The Bertz CT molecular complexity index is 609. The predicted octanol–water partition coefficient (Wildman–Crippen LogP) is 1.51. The number of rotatable bonds is 2. The first kappa shape index (κ1) is 12.0. The molecule has 0 saturated carbocycles. The molecule has 0 N–H and O–H groups in total. The Kier molecular flexibility index (Phi) is 3.08. The standard InChI is InChI=1S/C13H13N3O3/c1-8-6-14-4-2-9(8)12-15-13(19-16-12)10-7-18-5-3-11(10)17/h2,4,6,10H,3,5,7H2,1H3. The average Bonchev–Trinajstić information content (AvgIpc) is 2.89.